The Morgan fingerprint density at radius 3 is 2.26 bits per heavy atom. The van der Waals surface area contributed by atoms with Gasteiger partial charge in [-0.15, -0.1) is 0 Å². The number of hydrogen-bond acceptors (Lipinski definition) is 2. The van der Waals surface area contributed by atoms with Crippen molar-refractivity contribution in [1.82, 2.24) is 0 Å². The van der Waals surface area contributed by atoms with Gasteiger partial charge < -0.3 is 10.1 Å². The Labute approximate surface area is 176 Å². The maximum absolute atomic E-state index is 13.1. The predicted octanol–water partition coefficient (Wildman–Crippen LogP) is 7.10. The molecule has 3 aromatic rings. The zero-order valence-electron chi connectivity index (χ0n) is 14.9. The lowest BCUT2D eigenvalue weighted by Crippen LogP contribution is -2.05. The fraction of sp³-hybridized carbons (Fsp3) is 0.182. The minimum absolute atomic E-state index is 0.248. The van der Waals surface area contributed by atoms with Gasteiger partial charge in [0.15, 0.2) is 0 Å². The molecule has 3 aromatic carbocycles. The minimum Gasteiger partial charge on any atom is -0.487 e. The van der Waals surface area contributed by atoms with Crippen LogP contribution in [0.15, 0.2) is 69.6 Å². The van der Waals surface area contributed by atoms with Gasteiger partial charge in [-0.25, -0.2) is 4.39 Å². The highest BCUT2D eigenvalue weighted by Crippen LogP contribution is 2.34. The van der Waals surface area contributed by atoms with Crippen LogP contribution in [-0.2, 0) is 19.6 Å². The average molecular weight is 493 g/mol. The summed E-state index contributed by atoms with van der Waals surface area (Å²) in [5.74, 6) is 0.530. The van der Waals surface area contributed by atoms with Crippen molar-refractivity contribution in [1.29, 1.82) is 0 Å². The van der Waals surface area contributed by atoms with Gasteiger partial charge in [-0.2, -0.15) is 0 Å². The van der Waals surface area contributed by atoms with Crippen molar-refractivity contribution < 1.29 is 9.13 Å². The Morgan fingerprint density at radius 2 is 1.59 bits per heavy atom. The quantitative estimate of drug-likeness (QED) is 0.379. The molecule has 0 aliphatic heterocycles. The minimum atomic E-state index is -0.248. The Morgan fingerprint density at radius 1 is 0.926 bits per heavy atom. The summed E-state index contributed by atoms with van der Waals surface area (Å²) in [6.45, 7) is 3.15. The van der Waals surface area contributed by atoms with Crippen LogP contribution in [0.5, 0.6) is 5.75 Å². The summed E-state index contributed by atoms with van der Waals surface area (Å²) in [5.41, 5.74) is 4.32. The molecule has 0 amide bonds. The van der Waals surface area contributed by atoms with E-state index in [4.69, 9.17) is 4.74 Å². The molecule has 0 saturated heterocycles. The lowest BCUT2D eigenvalue weighted by atomic mass is 10.1. The molecule has 0 atom stereocenters. The molecule has 0 aromatic heterocycles. The number of halogens is 3. The summed E-state index contributed by atoms with van der Waals surface area (Å²) in [5, 5.41) is 3.44. The van der Waals surface area contributed by atoms with Crippen molar-refractivity contribution in [2.45, 2.75) is 26.5 Å². The van der Waals surface area contributed by atoms with Crippen LogP contribution in [0.1, 0.15) is 23.6 Å². The second-order valence-corrected chi connectivity index (χ2v) is 7.97. The van der Waals surface area contributed by atoms with E-state index in [9.17, 15) is 4.39 Å². The Bertz CT molecular complexity index is 895. The fourth-order valence-corrected chi connectivity index (χ4v) is 4.13. The van der Waals surface area contributed by atoms with Crippen molar-refractivity contribution in [3.63, 3.8) is 0 Å². The lowest BCUT2D eigenvalue weighted by Gasteiger charge is -2.16. The third kappa shape index (κ3) is 5.56. The molecule has 0 aliphatic carbocycles. The summed E-state index contributed by atoms with van der Waals surface area (Å²) in [6, 6.07) is 18.8. The second-order valence-electron chi connectivity index (χ2n) is 6.20. The monoisotopic (exact) mass is 491 g/mol. The van der Waals surface area contributed by atoms with Gasteiger partial charge in [0.2, 0.25) is 0 Å². The maximum Gasteiger partial charge on any atom is 0.139 e. The van der Waals surface area contributed by atoms with E-state index in [1.807, 2.05) is 12.1 Å². The van der Waals surface area contributed by atoms with Gasteiger partial charge in [-0.05, 0) is 69.9 Å². The van der Waals surface area contributed by atoms with Crippen LogP contribution in [0.4, 0.5) is 10.1 Å². The first-order valence-corrected chi connectivity index (χ1v) is 10.3. The smallest absolute Gasteiger partial charge is 0.139 e. The molecule has 27 heavy (non-hydrogen) atoms. The number of hydrogen-bond donors (Lipinski definition) is 1. The number of rotatable bonds is 7. The van der Waals surface area contributed by atoms with Gasteiger partial charge in [0.25, 0.3) is 0 Å². The van der Waals surface area contributed by atoms with Crippen LogP contribution < -0.4 is 10.1 Å². The topological polar surface area (TPSA) is 21.3 Å². The summed E-state index contributed by atoms with van der Waals surface area (Å²) in [6.07, 6.45) is 1.03. The van der Waals surface area contributed by atoms with Crippen LogP contribution in [0.25, 0.3) is 0 Å². The molecule has 0 radical (unpaired) electrons. The van der Waals surface area contributed by atoms with Crippen molar-refractivity contribution in [2.75, 3.05) is 5.32 Å². The number of ether oxygens (including phenoxy) is 1. The van der Waals surface area contributed by atoms with Gasteiger partial charge in [0.1, 0.15) is 18.2 Å². The van der Waals surface area contributed by atoms with Crippen LogP contribution in [0.2, 0.25) is 0 Å². The van der Waals surface area contributed by atoms with E-state index in [1.165, 1.54) is 17.7 Å². The van der Waals surface area contributed by atoms with Crippen LogP contribution in [0, 0.1) is 5.82 Å². The molecule has 0 bridgehead atoms. The fourth-order valence-electron chi connectivity index (χ4n) is 2.70. The molecular formula is C22H20Br2FNO. The molecule has 5 heteroatoms. The molecule has 0 spiro atoms. The summed E-state index contributed by atoms with van der Waals surface area (Å²) >= 11 is 7.13. The van der Waals surface area contributed by atoms with Gasteiger partial charge >= 0.3 is 0 Å². The molecule has 0 unspecified atom stereocenters. The summed E-state index contributed by atoms with van der Waals surface area (Å²) < 4.78 is 21.0. The van der Waals surface area contributed by atoms with E-state index in [1.54, 1.807) is 12.1 Å². The standard InChI is InChI=1S/C22H20Br2FNO/c1-2-15-5-9-20(10-6-15)26-13-17-11-18(23)12-21(24)22(17)27-14-16-3-7-19(25)8-4-16/h3-12,26H,2,13-14H2,1H3. The van der Waals surface area contributed by atoms with E-state index in [0.717, 1.165) is 37.9 Å². The van der Waals surface area contributed by atoms with E-state index < -0.39 is 0 Å². The highest BCUT2D eigenvalue weighted by atomic mass is 79.9. The molecule has 0 saturated carbocycles. The first kappa shape index (κ1) is 19.9. The number of benzene rings is 3. The van der Waals surface area contributed by atoms with Gasteiger partial charge in [-0.1, -0.05) is 47.1 Å². The van der Waals surface area contributed by atoms with Crippen LogP contribution in [-0.4, -0.2) is 0 Å². The molecule has 140 valence electrons. The number of aryl methyl sites for hydroxylation is 1. The Hall–Kier alpha value is -1.85. The number of nitrogens with one attached hydrogen (secondary N) is 1. The first-order valence-electron chi connectivity index (χ1n) is 8.73. The van der Waals surface area contributed by atoms with Crippen LogP contribution >= 0.6 is 31.9 Å². The van der Waals surface area contributed by atoms with Crippen molar-refractivity contribution in [3.8, 4) is 5.75 Å². The molecular weight excluding hydrogens is 473 g/mol. The van der Waals surface area contributed by atoms with Gasteiger partial charge in [-0.3, -0.25) is 0 Å². The SMILES string of the molecule is CCc1ccc(NCc2cc(Br)cc(Br)c2OCc2ccc(F)cc2)cc1. The van der Waals surface area contributed by atoms with Gasteiger partial charge in [0, 0.05) is 22.3 Å². The lowest BCUT2D eigenvalue weighted by molar-refractivity contribution is 0.301. The molecule has 2 nitrogen and oxygen atoms in total. The average Bonchev–Trinajstić information content (AvgIpc) is 2.67. The zero-order chi connectivity index (χ0) is 19.2. The third-order valence-electron chi connectivity index (χ3n) is 4.23. The first-order chi connectivity index (χ1) is 13.0. The largest absolute Gasteiger partial charge is 0.487 e. The molecule has 1 N–H and O–H groups in total. The second kappa shape index (κ2) is 9.38. The van der Waals surface area contributed by atoms with E-state index in [2.05, 4.69) is 68.4 Å². The molecule has 0 fully saturated rings. The normalized spacial score (nSPS) is 10.7. The van der Waals surface area contributed by atoms with E-state index in [-0.39, 0.29) is 5.82 Å². The van der Waals surface area contributed by atoms with Crippen molar-refractivity contribution in [2.24, 2.45) is 0 Å². The Kier molecular flexibility index (Phi) is 6.91. The van der Waals surface area contributed by atoms with Crippen LogP contribution in [0.3, 0.4) is 0 Å². The van der Waals surface area contributed by atoms with E-state index in [0.29, 0.717) is 13.2 Å². The summed E-state index contributed by atoms with van der Waals surface area (Å²) in [4.78, 5) is 0. The highest BCUT2D eigenvalue weighted by molar-refractivity contribution is 9.11. The molecule has 0 heterocycles. The zero-order valence-corrected chi connectivity index (χ0v) is 18.1. The Balaban J connectivity index is 1.73. The molecule has 0 aliphatic rings. The van der Waals surface area contributed by atoms with Crippen molar-refractivity contribution in [3.05, 3.63) is 92.1 Å². The number of anilines is 1. The maximum atomic E-state index is 13.1. The predicted molar refractivity (Wildman–Crippen MR) is 116 cm³/mol. The highest BCUT2D eigenvalue weighted by Gasteiger charge is 2.11. The molecule has 3 rings (SSSR count). The van der Waals surface area contributed by atoms with Crippen molar-refractivity contribution >= 4 is 37.5 Å². The summed E-state index contributed by atoms with van der Waals surface area (Å²) in [7, 11) is 0. The third-order valence-corrected chi connectivity index (χ3v) is 5.27. The van der Waals surface area contributed by atoms with E-state index >= 15 is 0 Å². The van der Waals surface area contributed by atoms with Gasteiger partial charge in [0.05, 0.1) is 4.47 Å².